The summed E-state index contributed by atoms with van der Waals surface area (Å²) < 4.78 is 23.1. The molecular weight excluding hydrogens is 577 g/mol. The van der Waals surface area contributed by atoms with E-state index in [-0.39, 0.29) is 34.6 Å². The SMILES string of the molecule is CC(C)(C)OC(=O)N1CC(CC(Nc2cccc(SNC(=O)c3ccc(C(C)(C)C)nc3F)n2)C2=CCCC=C2)CC1(C)C. The smallest absolute Gasteiger partial charge is 0.410 e. The van der Waals surface area contributed by atoms with Gasteiger partial charge in [-0.25, -0.2) is 14.8 Å². The third-order valence-corrected chi connectivity index (χ3v) is 8.45. The van der Waals surface area contributed by atoms with Crippen LogP contribution in [0, 0.1) is 11.9 Å². The van der Waals surface area contributed by atoms with Crippen molar-refractivity contribution < 1.29 is 18.7 Å². The second-order valence-corrected chi connectivity index (χ2v) is 15.1. The number of hydrogen-bond donors (Lipinski definition) is 2. The summed E-state index contributed by atoms with van der Waals surface area (Å²) in [5, 5.41) is 4.18. The summed E-state index contributed by atoms with van der Waals surface area (Å²) in [6, 6.07) is 8.68. The molecule has 0 saturated carbocycles. The van der Waals surface area contributed by atoms with Gasteiger partial charge in [0.25, 0.3) is 5.91 Å². The predicted octanol–water partition coefficient (Wildman–Crippen LogP) is 7.83. The van der Waals surface area contributed by atoms with Crippen molar-refractivity contribution in [3.8, 4) is 0 Å². The molecule has 2 amide bonds. The van der Waals surface area contributed by atoms with Gasteiger partial charge in [0.1, 0.15) is 16.4 Å². The normalized spacial score (nSPS) is 18.9. The highest BCUT2D eigenvalue weighted by atomic mass is 32.2. The number of nitrogens with one attached hydrogen (secondary N) is 2. The topological polar surface area (TPSA) is 96.5 Å². The Labute approximate surface area is 265 Å². The third-order valence-electron chi connectivity index (χ3n) is 7.72. The van der Waals surface area contributed by atoms with Crippen LogP contribution >= 0.6 is 11.9 Å². The number of nitrogens with zero attached hydrogens (tertiary/aromatic N) is 3. The highest BCUT2D eigenvalue weighted by Crippen LogP contribution is 2.37. The summed E-state index contributed by atoms with van der Waals surface area (Å²) in [5.74, 6) is -0.445. The maximum Gasteiger partial charge on any atom is 0.410 e. The summed E-state index contributed by atoms with van der Waals surface area (Å²) in [5.41, 5.74) is 0.465. The van der Waals surface area contributed by atoms with Crippen LogP contribution in [0.3, 0.4) is 0 Å². The van der Waals surface area contributed by atoms with Gasteiger partial charge in [-0.15, -0.1) is 0 Å². The van der Waals surface area contributed by atoms with Crippen LogP contribution in [-0.4, -0.2) is 50.6 Å². The molecule has 2 atom stereocenters. The van der Waals surface area contributed by atoms with E-state index in [1.54, 1.807) is 12.1 Å². The number of rotatable bonds is 8. The van der Waals surface area contributed by atoms with Gasteiger partial charge in [-0.1, -0.05) is 45.1 Å². The molecular formula is C34H46FN5O3S. The molecule has 2 aliphatic rings. The lowest BCUT2D eigenvalue weighted by molar-refractivity contribution is 0.0130. The number of anilines is 1. The third kappa shape index (κ3) is 8.83. The molecule has 3 heterocycles. The fourth-order valence-electron chi connectivity index (χ4n) is 5.59. The van der Waals surface area contributed by atoms with Gasteiger partial charge in [-0.3, -0.25) is 9.52 Å². The number of hydrogen-bond acceptors (Lipinski definition) is 7. The monoisotopic (exact) mass is 623 g/mol. The number of carbonyl (C=O) groups excluding carboxylic acids is 2. The van der Waals surface area contributed by atoms with E-state index in [0.29, 0.717) is 23.1 Å². The summed E-state index contributed by atoms with van der Waals surface area (Å²) in [6.45, 7) is 16.3. The van der Waals surface area contributed by atoms with Crippen LogP contribution in [0.2, 0.25) is 0 Å². The lowest BCUT2D eigenvalue weighted by Gasteiger charge is -2.33. The molecule has 238 valence electrons. The standard InChI is InChI=1S/C34H46FN5O3S/c1-32(2,3)26-18-17-24(29(35)37-26)30(41)39-44-28-16-12-15-27(38-28)36-25(23-13-10-9-11-14-23)19-22-20-34(7,8)40(21-22)31(42)43-33(4,5)6/h10,12-18,22,25H,9,11,19-21H2,1-8H3,(H,36,38)(H,39,41). The first kappa shape index (κ1) is 33.5. The fourth-order valence-corrected chi connectivity index (χ4v) is 6.19. The summed E-state index contributed by atoms with van der Waals surface area (Å²) in [4.78, 5) is 36.3. The Balaban J connectivity index is 1.44. The number of amides is 2. The second kappa shape index (κ2) is 13.3. The molecule has 8 nitrogen and oxygen atoms in total. The van der Waals surface area contributed by atoms with Gasteiger partial charge in [0.15, 0.2) is 0 Å². The van der Waals surface area contributed by atoms with Crippen LogP contribution in [-0.2, 0) is 10.2 Å². The van der Waals surface area contributed by atoms with Gasteiger partial charge in [-0.05, 0) is 96.1 Å². The van der Waals surface area contributed by atoms with Crippen molar-refractivity contribution in [3.05, 3.63) is 71.3 Å². The number of carbonyl (C=O) groups is 2. The quantitative estimate of drug-likeness (QED) is 0.229. The molecule has 44 heavy (non-hydrogen) atoms. The Morgan fingerprint density at radius 1 is 1.11 bits per heavy atom. The predicted molar refractivity (Wildman–Crippen MR) is 174 cm³/mol. The minimum atomic E-state index is -0.795. The first-order valence-electron chi connectivity index (χ1n) is 15.3. The number of aromatic nitrogens is 2. The molecule has 0 spiro atoms. The van der Waals surface area contributed by atoms with Crippen molar-refractivity contribution in [1.82, 2.24) is 19.6 Å². The molecule has 1 saturated heterocycles. The molecule has 1 fully saturated rings. The number of likely N-dealkylation sites (tertiary alicyclic amines) is 1. The molecule has 2 unspecified atom stereocenters. The molecule has 2 aromatic rings. The van der Waals surface area contributed by atoms with Crippen molar-refractivity contribution in [3.63, 3.8) is 0 Å². The van der Waals surface area contributed by atoms with Gasteiger partial charge in [0.05, 0.1) is 11.6 Å². The molecule has 1 aliphatic heterocycles. The van der Waals surface area contributed by atoms with Crippen LogP contribution in [0.15, 0.2) is 59.2 Å². The average molecular weight is 624 g/mol. The van der Waals surface area contributed by atoms with Gasteiger partial charge in [-0.2, -0.15) is 4.39 Å². The van der Waals surface area contributed by atoms with E-state index in [9.17, 15) is 14.0 Å². The van der Waals surface area contributed by atoms with E-state index >= 15 is 0 Å². The molecule has 0 aromatic carbocycles. The van der Waals surface area contributed by atoms with Crippen LogP contribution in [0.1, 0.15) is 97.1 Å². The minimum Gasteiger partial charge on any atom is -0.444 e. The maximum atomic E-state index is 14.7. The average Bonchev–Trinajstić information content (AvgIpc) is 3.24. The van der Waals surface area contributed by atoms with Gasteiger partial charge >= 0.3 is 6.09 Å². The largest absolute Gasteiger partial charge is 0.444 e. The number of ether oxygens (including phenoxy) is 1. The number of pyridine rings is 2. The van der Waals surface area contributed by atoms with Crippen LogP contribution < -0.4 is 10.0 Å². The summed E-state index contributed by atoms with van der Waals surface area (Å²) in [6.07, 6.45) is 9.99. The Hall–Kier alpha value is -3.40. The summed E-state index contributed by atoms with van der Waals surface area (Å²) in [7, 11) is 0. The fraction of sp³-hybridized carbons (Fsp3) is 0.529. The van der Waals surface area contributed by atoms with Crippen molar-refractivity contribution in [1.29, 1.82) is 0 Å². The van der Waals surface area contributed by atoms with Gasteiger partial charge < -0.3 is 15.0 Å². The molecule has 2 aromatic heterocycles. The zero-order valence-electron chi connectivity index (χ0n) is 27.2. The van der Waals surface area contributed by atoms with Gasteiger partial charge in [0.2, 0.25) is 5.95 Å². The Morgan fingerprint density at radius 3 is 2.50 bits per heavy atom. The second-order valence-electron chi connectivity index (χ2n) is 14.3. The van der Waals surface area contributed by atoms with Crippen molar-refractivity contribution in [2.75, 3.05) is 11.9 Å². The Kier molecular flexibility index (Phi) is 10.1. The number of allylic oxidation sites excluding steroid dienone is 2. The molecule has 1 aliphatic carbocycles. The zero-order chi connectivity index (χ0) is 32.3. The van der Waals surface area contributed by atoms with Crippen molar-refractivity contribution >= 4 is 29.8 Å². The van der Waals surface area contributed by atoms with Crippen molar-refractivity contribution in [2.45, 2.75) is 109 Å². The van der Waals surface area contributed by atoms with E-state index in [0.717, 1.165) is 37.6 Å². The van der Waals surface area contributed by atoms with Crippen LogP contribution in [0.5, 0.6) is 0 Å². The molecule has 0 bridgehead atoms. The van der Waals surface area contributed by atoms with E-state index in [2.05, 4.69) is 47.1 Å². The van der Waals surface area contributed by atoms with E-state index in [4.69, 9.17) is 9.72 Å². The first-order chi connectivity index (χ1) is 20.5. The minimum absolute atomic E-state index is 0.0187. The molecule has 0 radical (unpaired) electrons. The molecule has 4 rings (SSSR count). The Morgan fingerprint density at radius 2 is 1.86 bits per heavy atom. The maximum absolute atomic E-state index is 14.7. The van der Waals surface area contributed by atoms with Gasteiger partial charge in [0, 0.05) is 35.1 Å². The highest BCUT2D eigenvalue weighted by Gasteiger charge is 2.43. The molecule has 2 N–H and O–H groups in total. The first-order valence-corrected chi connectivity index (χ1v) is 16.1. The Bertz CT molecular complexity index is 1430. The zero-order valence-corrected chi connectivity index (χ0v) is 28.0. The lowest BCUT2D eigenvalue weighted by atomic mass is 9.88. The van der Waals surface area contributed by atoms with E-state index < -0.39 is 17.5 Å². The van der Waals surface area contributed by atoms with Crippen LogP contribution in [0.25, 0.3) is 0 Å². The highest BCUT2D eigenvalue weighted by molar-refractivity contribution is 7.97. The number of halogens is 1. The van der Waals surface area contributed by atoms with E-state index in [1.165, 1.54) is 11.6 Å². The molecule has 10 heteroatoms. The van der Waals surface area contributed by atoms with Crippen molar-refractivity contribution in [2.24, 2.45) is 5.92 Å². The van der Waals surface area contributed by atoms with Crippen LogP contribution in [0.4, 0.5) is 15.0 Å². The summed E-state index contributed by atoms with van der Waals surface area (Å²) >= 11 is 1.03. The lowest BCUT2D eigenvalue weighted by Crippen LogP contribution is -2.45. The van der Waals surface area contributed by atoms with E-state index in [1.807, 2.05) is 58.6 Å².